The van der Waals surface area contributed by atoms with Crippen molar-refractivity contribution in [3.8, 4) is 5.75 Å². The number of ether oxygens (including phenoxy) is 2. The molecule has 1 saturated carbocycles. The van der Waals surface area contributed by atoms with Crippen molar-refractivity contribution in [1.82, 2.24) is 14.6 Å². The number of esters is 1. The number of hydrogen-bond donors (Lipinski definition) is 4. The highest BCUT2D eigenvalue weighted by Gasteiger charge is 2.78. The van der Waals surface area contributed by atoms with E-state index in [9.17, 15) is 24.1 Å². The van der Waals surface area contributed by atoms with Crippen LogP contribution in [-0.4, -0.2) is 56.6 Å². The molecule has 0 amide bonds. The zero-order chi connectivity index (χ0) is 25.5. The summed E-state index contributed by atoms with van der Waals surface area (Å²) in [4.78, 5) is 37.8. The summed E-state index contributed by atoms with van der Waals surface area (Å²) in [6.07, 6.45) is -2.54. The van der Waals surface area contributed by atoms with Gasteiger partial charge in [0.2, 0.25) is 0 Å². The molecule has 190 valence electrons. The van der Waals surface area contributed by atoms with Gasteiger partial charge in [0.25, 0.3) is 5.56 Å². The Morgan fingerprint density at radius 3 is 2.51 bits per heavy atom. The molecular weight excluding hydrogens is 483 g/mol. The summed E-state index contributed by atoms with van der Waals surface area (Å²) in [6, 6.07) is 6.98. The van der Waals surface area contributed by atoms with Crippen LogP contribution in [0.1, 0.15) is 27.0 Å². The van der Waals surface area contributed by atoms with Crippen LogP contribution in [0.4, 0.5) is 0 Å². The highest BCUT2D eigenvalue weighted by atomic mass is 31.2. The van der Waals surface area contributed by atoms with E-state index in [4.69, 9.17) is 24.3 Å². The first kappa shape index (κ1) is 25.3. The number of aromatic nitrogens is 2. The molecule has 2 unspecified atom stereocenters. The summed E-state index contributed by atoms with van der Waals surface area (Å²) in [5, 5.41) is 13.6. The van der Waals surface area contributed by atoms with Crippen LogP contribution in [0.15, 0.2) is 52.2 Å². The fraction of sp³-hybridized carbons (Fsp3) is 0.476. The van der Waals surface area contributed by atoms with E-state index >= 15 is 0 Å². The molecule has 7 atom stereocenters. The Kier molecular flexibility index (Phi) is 6.75. The van der Waals surface area contributed by atoms with Gasteiger partial charge in [-0.1, -0.05) is 18.2 Å². The first-order chi connectivity index (χ1) is 16.4. The van der Waals surface area contributed by atoms with Gasteiger partial charge < -0.3 is 24.8 Å². The lowest BCUT2D eigenvalue weighted by atomic mass is 10.1. The monoisotopic (exact) mass is 510 g/mol. The number of nitrogens with zero attached hydrogens (tertiary/aromatic N) is 1. The molecule has 14 heteroatoms. The molecule has 2 aliphatic rings. The lowest BCUT2D eigenvalue weighted by Gasteiger charge is -2.27. The first-order valence-corrected chi connectivity index (χ1v) is 12.4. The number of rotatable bonds is 9. The second-order valence-corrected chi connectivity index (χ2v) is 10.3. The van der Waals surface area contributed by atoms with Gasteiger partial charge >= 0.3 is 19.4 Å². The molecular formula is C21H27N4O9P. The molecule has 2 fully saturated rings. The molecule has 1 aromatic heterocycles. The molecule has 1 aromatic carbocycles. The van der Waals surface area contributed by atoms with Crippen molar-refractivity contribution in [3.05, 3.63) is 63.4 Å². The van der Waals surface area contributed by atoms with Gasteiger partial charge in [0.15, 0.2) is 6.23 Å². The number of carbonyl (C=O) groups excluding carboxylic acids is 1. The Hall–Kier alpha value is -2.80. The highest BCUT2D eigenvalue weighted by molar-refractivity contribution is 7.52. The molecule has 0 radical (unpaired) electrons. The number of H-pyrrole nitrogens is 1. The maximum atomic E-state index is 13.7. The van der Waals surface area contributed by atoms with Crippen LogP contribution in [0.25, 0.3) is 0 Å². The fourth-order valence-corrected chi connectivity index (χ4v) is 5.55. The zero-order valence-corrected chi connectivity index (χ0v) is 20.1. The van der Waals surface area contributed by atoms with Crippen LogP contribution in [0.5, 0.6) is 5.75 Å². The third kappa shape index (κ3) is 4.96. The largest absolute Gasteiger partial charge is 0.462 e. The van der Waals surface area contributed by atoms with Gasteiger partial charge in [-0.2, -0.15) is 5.09 Å². The van der Waals surface area contributed by atoms with E-state index < -0.39 is 67.2 Å². The number of aliphatic hydroxyl groups is 1. The van der Waals surface area contributed by atoms with Crippen molar-refractivity contribution < 1.29 is 33.0 Å². The summed E-state index contributed by atoms with van der Waals surface area (Å²) in [5.74, 6) is -0.492. The second kappa shape index (κ2) is 9.34. The van der Waals surface area contributed by atoms with Crippen LogP contribution in [0.2, 0.25) is 0 Å². The molecule has 5 N–H and O–H groups in total. The Labute approximate surface area is 199 Å². The van der Waals surface area contributed by atoms with Crippen molar-refractivity contribution in [2.45, 2.75) is 63.0 Å². The van der Waals surface area contributed by atoms with E-state index in [1.807, 2.05) is 0 Å². The van der Waals surface area contributed by atoms with Gasteiger partial charge in [-0.05, 0) is 32.9 Å². The number of fused-ring (bicyclic) bond motifs is 1. The molecule has 2 heterocycles. The molecule has 2 aromatic rings. The van der Waals surface area contributed by atoms with E-state index in [1.165, 1.54) is 25.3 Å². The standard InChI is InChI=1S/C21H27N4O9P/c1-11(2)31-19(27)12(3)24-35(30,33-13-7-5-4-6-8-13)34-17-16-21(17,29)15(22)18(32-16)25-10-9-14(26)23-20(25)28/h4-12,15-18,29H,22H2,1-3H3,(H,24,30)(H,23,26,28)/t12-,15-,16+,17?,18+,21-,35?/m0/s1. The van der Waals surface area contributed by atoms with Crippen LogP contribution in [0.3, 0.4) is 0 Å². The predicted octanol–water partition coefficient (Wildman–Crippen LogP) is 0.00800. The topological polar surface area (TPSA) is 184 Å². The number of benzene rings is 1. The number of para-hydroxylation sites is 1. The summed E-state index contributed by atoms with van der Waals surface area (Å²) in [6.45, 7) is 4.77. The molecule has 0 spiro atoms. The second-order valence-electron chi connectivity index (χ2n) is 8.64. The third-order valence-electron chi connectivity index (χ3n) is 5.61. The Morgan fingerprint density at radius 2 is 1.94 bits per heavy atom. The summed E-state index contributed by atoms with van der Waals surface area (Å²) in [7, 11) is -4.28. The van der Waals surface area contributed by atoms with Gasteiger partial charge in [0, 0.05) is 12.3 Å². The highest BCUT2D eigenvalue weighted by Crippen LogP contribution is 2.60. The summed E-state index contributed by atoms with van der Waals surface area (Å²) >= 11 is 0. The summed E-state index contributed by atoms with van der Waals surface area (Å²) in [5.41, 5.74) is 3.00. The maximum Gasteiger partial charge on any atom is 0.459 e. The van der Waals surface area contributed by atoms with E-state index in [0.717, 1.165) is 10.6 Å². The molecule has 35 heavy (non-hydrogen) atoms. The van der Waals surface area contributed by atoms with E-state index in [-0.39, 0.29) is 5.75 Å². The van der Waals surface area contributed by atoms with Crippen molar-refractivity contribution in [2.24, 2.45) is 5.73 Å². The van der Waals surface area contributed by atoms with Crippen LogP contribution >= 0.6 is 7.75 Å². The molecule has 0 bridgehead atoms. The van der Waals surface area contributed by atoms with E-state index in [0.29, 0.717) is 0 Å². The van der Waals surface area contributed by atoms with Gasteiger partial charge in [-0.3, -0.25) is 23.7 Å². The minimum atomic E-state index is -4.28. The smallest absolute Gasteiger partial charge is 0.459 e. The van der Waals surface area contributed by atoms with Crippen LogP contribution < -0.4 is 26.6 Å². The molecule has 1 aliphatic carbocycles. The van der Waals surface area contributed by atoms with E-state index in [2.05, 4.69) is 10.1 Å². The zero-order valence-electron chi connectivity index (χ0n) is 19.2. The van der Waals surface area contributed by atoms with Crippen LogP contribution in [0, 0.1) is 0 Å². The van der Waals surface area contributed by atoms with Crippen molar-refractivity contribution in [2.75, 3.05) is 0 Å². The molecule has 4 rings (SSSR count). The Balaban J connectivity index is 1.53. The van der Waals surface area contributed by atoms with Gasteiger partial charge in [-0.15, -0.1) is 0 Å². The first-order valence-electron chi connectivity index (χ1n) is 10.9. The fourth-order valence-electron chi connectivity index (χ4n) is 3.83. The number of nitrogens with one attached hydrogen (secondary N) is 2. The average Bonchev–Trinajstić information content (AvgIpc) is 3.22. The molecule has 13 nitrogen and oxygen atoms in total. The minimum Gasteiger partial charge on any atom is -0.462 e. The maximum absolute atomic E-state index is 13.7. The number of carbonyl (C=O) groups is 1. The number of aromatic amines is 1. The SMILES string of the molecule is CC(C)OC(=O)[C@H](C)NP(=O)(Oc1ccccc1)OC1[C@H]2O[C@@H](n3ccc(=O)[nH]c3=O)[C@H](N)[C@@]12O. The average molecular weight is 510 g/mol. The third-order valence-corrected chi connectivity index (χ3v) is 7.27. The number of nitrogens with two attached hydrogens (primary N) is 1. The Bertz CT molecular complexity index is 1250. The molecule has 1 aliphatic heterocycles. The predicted molar refractivity (Wildman–Crippen MR) is 122 cm³/mol. The molecule has 1 saturated heterocycles. The quantitative estimate of drug-likeness (QED) is 0.263. The van der Waals surface area contributed by atoms with Gasteiger partial charge in [0.1, 0.15) is 29.6 Å². The van der Waals surface area contributed by atoms with Crippen molar-refractivity contribution in [3.63, 3.8) is 0 Å². The van der Waals surface area contributed by atoms with Gasteiger partial charge in [0.05, 0.1) is 12.1 Å². The lowest BCUT2D eigenvalue weighted by Crippen LogP contribution is -2.47. The van der Waals surface area contributed by atoms with E-state index in [1.54, 1.807) is 32.0 Å². The minimum absolute atomic E-state index is 0.188. The van der Waals surface area contributed by atoms with Crippen molar-refractivity contribution >= 4 is 13.7 Å². The Morgan fingerprint density at radius 1 is 1.26 bits per heavy atom. The van der Waals surface area contributed by atoms with Gasteiger partial charge in [-0.25, -0.2) is 9.36 Å². The summed E-state index contributed by atoms with van der Waals surface area (Å²) < 4.78 is 36.8. The normalized spacial score (nSPS) is 29.8. The lowest BCUT2D eigenvalue weighted by molar-refractivity contribution is -0.149. The number of hydrogen-bond acceptors (Lipinski definition) is 10. The van der Waals surface area contributed by atoms with Crippen LogP contribution in [-0.2, 0) is 23.4 Å². The van der Waals surface area contributed by atoms with Crippen molar-refractivity contribution in [1.29, 1.82) is 0 Å².